The standard InChI is InChI=1S/C27H25N3O7/c1-27(2,3)26(37)30-21-13-17(22(31)28-19-8-4-15(5-9-19)24(33)34)12-18(14-21)23(32)29-20-10-6-16(7-11-20)25(35)36/h4-14H,1-3H3,(H,28,31)(H,29,32)(H,30,37)(H,33,34)(H,35,36)/p-2. The fourth-order valence-corrected chi connectivity index (χ4v) is 3.07. The molecule has 0 radical (unpaired) electrons. The van der Waals surface area contributed by atoms with E-state index in [1.165, 1.54) is 66.7 Å². The molecule has 3 aromatic carbocycles. The Labute approximate surface area is 212 Å². The molecule has 10 heteroatoms. The second-order valence-corrected chi connectivity index (χ2v) is 9.14. The van der Waals surface area contributed by atoms with Crippen molar-refractivity contribution in [3.63, 3.8) is 0 Å². The van der Waals surface area contributed by atoms with Gasteiger partial charge in [-0.1, -0.05) is 45.0 Å². The SMILES string of the molecule is CC(C)(C)C(=O)Nc1cc(C(=O)Nc2ccc(C(=O)[O-])cc2)cc(C(=O)Nc2ccc(C(=O)[O-])cc2)c1. The number of carbonyl (C=O) groups is 5. The number of anilines is 3. The molecule has 190 valence electrons. The molecule has 0 bridgehead atoms. The van der Waals surface area contributed by atoms with Gasteiger partial charge in [0, 0.05) is 33.6 Å². The molecular weight excluding hydrogens is 478 g/mol. The minimum Gasteiger partial charge on any atom is -0.545 e. The predicted molar refractivity (Wildman–Crippen MR) is 132 cm³/mol. The van der Waals surface area contributed by atoms with Crippen LogP contribution in [0.2, 0.25) is 0 Å². The van der Waals surface area contributed by atoms with Crippen molar-refractivity contribution >= 4 is 46.7 Å². The number of hydrogen-bond donors (Lipinski definition) is 3. The molecule has 3 amide bonds. The predicted octanol–water partition coefficient (Wildman–Crippen LogP) is 1.90. The smallest absolute Gasteiger partial charge is 0.255 e. The maximum absolute atomic E-state index is 13.0. The number of carbonyl (C=O) groups excluding carboxylic acids is 5. The molecule has 0 unspecified atom stereocenters. The van der Waals surface area contributed by atoms with E-state index in [2.05, 4.69) is 16.0 Å². The van der Waals surface area contributed by atoms with Gasteiger partial charge in [-0.2, -0.15) is 0 Å². The summed E-state index contributed by atoms with van der Waals surface area (Å²) in [5.41, 5.74) is 0.0465. The topological polar surface area (TPSA) is 168 Å². The average Bonchev–Trinajstić information content (AvgIpc) is 2.83. The van der Waals surface area contributed by atoms with Crippen molar-refractivity contribution in [1.82, 2.24) is 0 Å². The minimum absolute atomic E-state index is 0.0492. The molecular formula is C27H23N3O7-2. The van der Waals surface area contributed by atoms with Gasteiger partial charge in [-0.3, -0.25) is 14.4 Å². The Bertz CT molecular complexity index is 1280. The number of hydrogen-bond acceptors (Lipinski definition) is 7. The van der Waals surface area contributed by atoms with Crippen LogP contribution in [0, 0.1) is 5.41 Å². The summed E-state index contributed by atoms with van der Waals surface area (Å²) in [6, 6.07) is 14.8. The molecule has 0 saturated carbocycles. The van der Waals surface area contributed by atoms with E-state index in [-0.39, 0.29) is 33.8 Å². The van der Waals surface area contributed by atoms with Gasteiger partial charge in [-0.05, 0) is 53.6 Å². The van der Waals surface area contributed by atoms with E-state index in [9.17, 15) is 34.2 Å². The van der Waals surface area contributed by atoms with E-state index in [1.54, 1.807) is 20.8 Å². The number of benzene rings is 3. The zero-order chi connectivity index (χ0) is 27.3. The van der Waals surface area contributed by atoms with E-state index < -0.39 is 29.2 Å². The molecule has 37 heavy (non-hydrogen) atoms. The van der Waals surface area contributed by atoms with Crippen LogP contribution >= 0.6 is 0 Å². The average molecular weight is 501 g/mol. The van der Waals surface area contributed by atoms with Crippen LogP contribution in [0.3, 0.4) is 0 Å². The van der Waals surface area contributed by atoms with Crippen molar-refractivity contribution in [2.45, 2.75) is 20.8 Å². The summed E-state index contributed by atoms with van der Waals surface area (Å²) < 4.78 is 0. The second kappa shape index (κ2) is 10.7. The van der Waals surface area contributed by atoms with Gasteiger partial charge < -0.3 is 35.8 Å². The number of aromatic carboxylic acids is 2. The summed E-state index contributed by atoms with van der Waals surface area (Å²) in [5.74, 6) is -4.27. The fourth-order valence-electron chi connectivity index (χ4n) is 3.07. The fraction of sp³-hybridized carbons (Fsp3) is 0.148. The Morgan fingerprint density at radius 2 is 0.919 bits per heavy atom. The third-order valence-corrected chi connectivity index (χ3v) is 5.15. The van der Waals surface area contributed by atoms with Crippen molar-refractivity contribution in [2.75, 3.05) is 16.0 Å². The van der Waals surface area contributed by atoms with E-state index >= 15 is 0 Å². The lowest BCUT2D eigenvalue weighted by Crippen LogP contribution is -2.28. The van der Waals surface area contributed by atoms with Crippen LogP contribution in [0.1, 0.15) is 62.2 Å². The highest BCUT2D eigenvalue weighted by molar-refractivity contribution is 6.10. The Morgan fingerprint density at radius 3 is 1.24 bits per heavy atom. The zero-order valence-electron chi connectivity index (χ0n) is 20.2. The third-order valence-electron chi connectivity index (χ3n) is 5.15. The Balaban J connectivity index is 1.90. The van der Waals surface area contributed by atoms with Crippen LogP contribution in [0.5, 0.6) is 0 Å². The van der Waals surface area contributed by atoms with E-state index in [0.717, 1.165) is 0 Å². The normalized spacial score (nSPS) is 10.8. The summed E-state index contributed by atoms with van der Waals surface area (Å²) in [6.45, 7) is 5.12. The van der Waals surface area contributed by atoms with Crippen molar-refractivity contribution in [3.05, 3.63) is 89.0 Å². The van der Waals surface area contributed by atoms with E-state index in [1.807, 2.05) is 0 Å². The molecule has 0 aromatic heterocycles. The maximum atomic E-state index is 13.0. The van der Waals surface area contributed by atoms with Crippen LogP contribution in [-0.2, 0) is 4.79 Å². The molecule has 0 saturated heterocycles. The largest absolute Gasteiger partial charge is 0.545 e. The van der Waals surface area contributed by atoms with Gasteiger partial charge in [-0.25, -0.2) is 0 Å². The molecule has 0 aliphatic rings. The number of carboxylic acid groups (broad SMARTS) is 2. The lowest BCUT2D eigenvalue weighted by Gasteiger charge is -2.19. The Morgan fingerprint density at radius 1 is 0.541 bits per heavy atom. The zero-order valence-corrected chi connectivity index (χ0v) is 20.2. The van der Waals surface area contributed by atoms with Crippen molar-refractivity contribution in [1.29, 1.82) is 0 Å². The highest BCUT2D eigenvalue weighted by Gasteiger charge is 2.22. The number of amides is 3. The number of carboxylic acids is 2. The van der Waals surface area contributed by atoms with Crippen LogP contribution in [-0.4, -0.2) is 29.7 Å². The van der Waals surface area contributed by atoms with Gasteiger partial charge in [0.2, 0.25) is 5.91 Å². The van der Waals surface area contributed by atoms with Gasteiger partial charge in [0.1, 0.15) is 0 Å². The Kier molecular flexibility index (Phi) is 7.72. The molecule has 0 fully saturated rings. The molecule has 0 aliphatic heterocycles. The van der Waals surface area contributed by atoms with Gasteiger partial charge in [-0.15, -0.1) is 0 Å². The van der Waals surface area contributed by atoms with Gasteiger partial charge >= 0.3 is 0 Å². The van der Waals surface area contributed by atoms with Crippen LogP contribution < -0.4 is 26.2 Å². The summed E-state index contributed by atoms with van der Waals surface area (Å²) in [7, 11) is 0. The Hall–Kier alpha value is -4.99. The first-order chi connectivity index (χ1) is 17.3. The summed E-state index contributed by atoms with van der Waals surface area (Å²) >= 11 is 0. The second-order valence-electron chi connectivity index (χ2n) is 9.14. The van der Waals surface area contributed by atoms with E-state index in [4.69, 9.17) is 0 Å². The molecule has 3 rings (SSSR count). The van der Waals surface area contributed by atoms with Gasteiger partial charge in [0.05, 0.1) is 11.9 Å². The van der Waals surface area contributed by atoms with Gasteiger partial charge in [0.15, 0.2) is 0 Å². The third kappa shape index (κ3) is 7.01. The monoisotopic (exact) mass is 501 g/mol. The molecule has 0 spiro atoms. The van der Waals surface area contributed by atoms with Crippen molar-refractivity contribution in [2.24, 2.45) is 5.41 Å². The molecule has 0 heterocycles. The molecule has 3 N–H and O–H groups in total. The summed E-state index contributed by atoms with van der Waals surface area (Å²) in [4.78, 5) is 60.3. The lowest BCUT2D eigenvalue weighted by atomic mass is 9.95. The minimum atomic E-state index is -1.36. The lowest BCUT2D eigenvalue weighted by molar-refractivity contribution is -0.256. The molecule has 0 atom stereocenters. The van der Waals surface area contributed by atoms with Crippen molar-refractivity contribution < 1.29 is 34.2 Å². The highest BCUT2D eigenvalue weighted by atomic mass is 16.4. The van der Waals surface area contributed by atoms with E-state index in [0.29, 0.717) is 11.4 Å². The van der Waals surface area contributed by atoms with Crippen LogP contribution in [0.25, 0.3) is 0 Å². The number of rotatable bonds is 7. The first-order valence-corrected chi connectivity index (χ1v) is 11.1. The van der Waals surface area contributed by atoms with Crippen LogP contribution in [0.15, 0.2) is 66.7 Å². The first kappa shape index (κ1) is 26.6. The molecule has 0 aliphatic carbocycles. The summed E-state index contributed by atoms with van der Waals surface area (Å²) in [5, 5.41) is 29.8. The maximum Gasteiger partial charge on any atom is 0.255 e. The number of nitrogens with one attached hydrogen (secondary N) is 3. The molecule has 3 aromatic rings. The summed E-state index contributed by atoms with van der Waals surface area (Å²) in [6.07, 6.45) is 0. The first-order valence-electron chi connectivity index (χ1n) is 11.1. The highest BCUT2D eigenvalue weighted by Crippen LogP contribution is 2.22. The molecule has 10 nitrogen and oxygen atoms in total. The van der Waals surface area contributed by atoms with Crippen LogP contribution in [0.4, 0.5) is 17.1 Å². The quantitative estimate of drug-likeness (QED) is 0.444. The van der Waals surface area contributed by atoms with Gasteiger partial charge in [0.25, 0.3) is 11.8 Å². The van der Waals surface area contributed by atoms with Crippen molar-refractivity contribution in [3.8, 4) is 0 Å².